The number of hydrogen-bond acceptors (Lipinski definition) is 4. The molecule has 4 rings (SSSR count). The highest BCUT2D eigenvalue weighted by Crippen LogP contribution is 2.27. The van der Waals surface area contributed by atoms with Gasteiger partial charge in [0.1, 0.15) is 0 Å². The Morgan fingerprint density at radius 1 is 1.10 bits per heavy atom. The fraction of sp³-hybridized carbons (Fsp3) is 0.174. The summed E-state index contributed by atoms with van der Waals surface area (Å²) in [5.74, 6) is -0.0214. The zero-order valence-corrected chi connectivity index (χ0v) is 17.4. The van der Waals surface area contributed by atoms with Crippen molar-refractivity contribution in [2.24, 2.45) is 0 Å². The van der Waals surface area contributed by atoms with Crippen LogP contribution in [0.5, 0.6) is 0 Å². The van der Waals surface area contributed by atoms with Gasteiger partial charge in [0.05, 0.1) is 5.01 Å². The Bertz CT molecular complexity index is 1090. The Morgan fingerprint density at radius 3 is 2.70 bits per heavy atom. The third-order valence-electron chi connectivity index (χ3n) is 4.89. The van der Waals surface area contributed by atoms with E-state index in [4.69, 9.17) is 0 Å². The van der Waals surface area contributed by atoms with Crippen LogP contribution in [0.4, 0.5) is 16.2 Å². The van der Waals surface area contributed by atoms with Crippen molar-refractivity contribution in [2.75, 3.05) is 17.2 Å². The van der Waals surface area contributed by atoms with E-state index in [1.54, 1.807) is 23.6 Å². The van der Waals surface area contributed by atoms with E-state index < -0.39 is 0 Å². The molecule has 1 aliphatic heterocycles. The number of hydrogen-bond donors (Lipinski definition) is 2. The second-order valence-electron chi connectivity index (χ2n) is 7.01. The molecular weight excluding hydrogens is 396 g/mol. The summed E-state index contributed by atoms with van der Waals surface area (Å²) in [6.45, 7) is 3.07. The van der Waals surface area contributed by atoms with Gasteiger partial charge in [-0.1, -0.05) is 30.3 Å². The van der Waals surface area contributed by atoms with Crippen molar-refractivity contribution in [3.63, 3.8) is 0 Å². The first-order valence-corrected chi connectivity index (χ1v) is 10.5. The molecule has 1 aliphatic rings. The van der Waals surface area contributed by atoms with Crippen molar-refractivity contribution in [3.8, 4) is 0 Å². The number of nitrogens with zero attached hydrogens (tertiary/aromatic N) is 2. The van der Waals surface area contributed by atoms with Gasteiger partial charge in [-0.2, -0.15) is 0 Å². The van der Waals surface area contributed by atoms with E-state index in [1.807, 2.05) is 66.4 Å². The lowest BCUT2D eigenvalue weighted by molar-refractivity contribution is -0.126. The number of carbonyl (C=O) groups is 2. The topological polar surface area (TPSA) is 74.3 Å². The van der Waals surface area contributed by atoms with Crippen molar-refractivity contribution < 1.29 is 9.59 Å². The Labute approximate surface area is 179 Å². The molecule has 0 saturated carbocycles. The fourth-order valence-corrected chi connectivity index (χ4v) is 4.12. The molecule has 152 valence electrons. The molecule has 0 radical (unpaired) electrons. The van der Waals surface area contributed by atoms with Crippen molar-refractivity contribution in [1.29, 1.82) is 0 Å². The second kappa shape index (κ2) is 8.92. The SMILES string of the molecule is Cc1ncc(C=CC(=O)N2CCc3c(cccc3NC(=O)Nc3ccccc3)C2)s1. The van der Waals surface area contributed by atoms with Gasteiger partial charge in [-0.3, -0.25) is 4.79 Å². The molecular formula is C23H22N4O2S. The van der Waals surface area contributed by atoms with Crippen molar-refractivity contribution in [2.45, 2.75) is 19.9 Å². The van der Waals surface area contributed by atoms with Gasteiger partial charge in [-0.15, -0.1) is 11.3 Å². The highest BCUT2D eigenvalue weighted by molar-refractivity contribution is 7.12. The van der Waals surface area contributed by atoms with Crippen LogP contribution in [0.15, 0.2) is 60.8 Å². The summed E-state index contributed by atoms with van der Waals surface area (Å²) in [7, 11) is 0. The van der Waals surface area contributed by atoms with Gasteiger partial charge in [0.25, 0.3) is 0 Å². The molecule has 1 aromatic heterocycles. The quantitative estimate of drug-likeness (QED) is 0.604. The highest BCUT2D eigenvalue weighted by atomic mass is 32.1. The molecule has 0 bridgehead atoms. The summed E-state index contributed by atoms with van der Waals surface area (Å²) in [5, 5.41) is 6.75. The number of amides is 3. The van der Waals surface area contributed by atoms with E-state index >= 15 is 0 Å². The van der Waals surface area contributed by atoms with Gasteiger partial charge in [0.15, 0.2) is 0 Å². The standard InChI is InChI=1S/C23H22N4O2S/c1-16-24-14-19(30-16)10-11-22(28)27-13-12-20-17(15-27)6-5-9-21(20)26-23(29)25-18-7-3-2-4-8-18/h2-11,14H,12-13,15H2,1H3,(H2,25,26,29). The number of rotatable bonds is 4. The number of carbonyl (C=O) groups excluding carboxylic acids is 2. The maximum absolute atomic E-state index is 12.6. The Balaban J connectivity index is 1.41. The smallest absolute Gasteiger partial charge is 0.323 e. The van der Waals surface area contributed by atoms with Gasteiger partial charge in [-0.05, 0) is 48.7 Å². The van der Waals surface area contributed by atoms with E-state index in [2.05, 4.69) is 15.6 Å². The van der Waals surface area contributed by atoms with Gasteiger partial charge >= 0.3 is 6.03 Å². The minimum atomic E-state index is -0.282. The lowest BCUT2D eigenvalue weighted by atomic mass is 9.97. The largest absolute Gasteiger partial charge is 0.334 e. The Kier molecular flexibility index (Phi) is 5.90. The molecule has 0 fully saturated rings. The molecule has 3 aromatic rings. The van der Waals surface area contributed by atoms with Crippen molar-refractivity contribution >= 4 is 40.7 Å². The van der Waals surface area contributed by atoms with Crippen LogP contribution in [-0.4, -0.2) is 28.4 Å². The molecule has 0 aliphatic carbocycles. The van der Waals surface area contributed by atoms with Crippen LogP contribution in [0.2, 0.25) is 0 Å². The number of thiazole rings is 1. The van der Waals surface area contributed by atoms with Crippen LogP contribution in [0.3, 0.4) is 0 Å². The van der Waals surface area contributed by atoms with E-state index in [1.165, 1.54) is 0 Å². The molecule has 0 unspecified atom stereocenters. The third-order valence-corrected chi connectivity index (χ3v) is 5.76. The molecule has 6 nitrogen and oxygen atoms in total. The summed E-state index contributed by atoms with van der Waals surface area (Å²) in [4.78, 5) is 31.9. The average Bonchev–Trinajstić information content (AvgIpc) is 3.17. The molecule has 30 heavy (non-hydrogen) atoms. The second-order valence-corrected chi connectivity index (χ2v) is 8.28. The summed E-state index contributed by atoms with van der Waals surface area (Å²) in [6, 6.07) is 14.8. The molecule has 2 heterocycles. The number of aryl methyl sites for hydroxylation is 1. The van der Waals surface area contributed by atoms with Crippen LogP contribution in [0.25, 0.3) is 6.08 Å². The van der Waals surface area contributed by atoms with E-state index in [0.29, 0.717) is 19.5 Å². The summed E-state index contributed by atoms with van der Waals surface area (Å²) >= 11 is 1.56. The van der Waals surface area contributed by atoms with Crippen LogP contribution >= 0.6 is 11.3 Å². The lowest BCUT2D eigenvalue weighted by Crippen LogP contribution is -2.35. The first-order valence-electron chi connectivity index (χ1n) is 9.72. The normalized spacial score (nSPS) is 13.2. The van der Waals surface area contributed by atoms with E-state index in [-0.39, 0.29) is 11.9 Å². The number of anilines is 2. The first kappa shape index (κ1) is 19.8. The minimum Gasteiger partial charge on any atom is -0.334 e. The fourth-order valence-electron chi connectivity index (χ4n) is 3.43. The number of benzene rings is 2. The van der Waals surface area contributed by atoms with Gasteiger partial charge < -0.3 is 15.5 Å². The van der Waals surface area contributed by atoms with Crippen LogP contribution < -0.4 is 10.6 Å². The number of nitrogens with one attached hydrogen (secondary N) is 2. The van der Waals surface area contributed by atoms with Crippen molar-refractivity contribution in [3.05, 3.63) is 81.8 Å². The molecule has 2 N–H and O–H groups in total. The summed E-state index contributed by atoms with van der Waals surface area (Å²) in [6.07, 6.45) is 5.88. The molecule has 0 spiro atoms. The molecule has 2 aromatic carbocycles. The lowest BCUT2D eigenvalue weighted by Gasteiger charge is -2.29. The summed E-state index contributed by atoms with van der Waals surface area (Å²) in [5.41, 5.74) is 3.64. The number of fused-ring (bicyclic) bond motifs is 1. The monoisotopic (exact) mass is 418 g/mol. The van der Waals surface area contributed by atoms with Crippen LogP contribution in [0.1, 0.15) is 21.0 Å². The minimum absolute atomic E-state index is 0.0214. The summed E-state index contributed by atoms with van der Waals surface area (Å²) < 4.78 is 0. The zero-order valence-electron chi connectivity index (χ0n) is 16.6. The Hall–Kier alpha value is -3.45. The third kappa shape index (κ3) is 4.75. The predicted octanol–water partition coefficient (Wildman–Crippen LogP) is 4.69. The maximum atomic E-state index is 12.6. The Morgan fingerprint density at radius 2 is 1.93 bits per heavy atom. The van der Waals surface area contributed by atoms with Gasteiger partial charge in [-0.25, -0.2) is 9.78 Å². The van der Waals surface area contributed by atoms with Crippen molar-refractivity contribution in [1.82, 2.24) is 9.88 Å². The first-order chi connectivity index (χ1) is 14.6. The number of urea groups is 1. The number of aromatic nitrogens is 1. The number of para-hydroxylation sites is 1. The molecule has 3 amide bonds. The average molecular weight is 419 g/mol. The highest BCUT2D eigenvalue weighted by Gasteiger charge is 2.21. The van der Waals surface area contributed by atoms with Crippen LogP contribution in [0, 0.1) is 6.92 Å². The molecule has 7 heteroatoms. The van der Waals surface area contributed by atoms with E-state index in [9.17, 15) is 9.59 Å². The van der Waals surface area contributed by atoms with E-state index in [0.717, 1.165) is 32.4 Å². The van der Waals surface area contributed by atoms with Crippen LogP contribution in [-0.2, 0) is 17.8 Å². The maximum Gasteiger partial charge on any atom is 0.323 e. The van der Waals surface area contributed by atoms with Gasteiger partial charge in [0.2, 0.25) is 5.91 Å². The zero-order chi connectivity index (χ0) is 20.9. The molecule has 0 saturated heterocycles. The molecule has 0 atom stereocenters. The predicted molar refractivity (Wildman–Crippen MR) is 121 cm³/mol. The van der Waals surface area contributed by atoms with Gasteiger partial charge in [0, 0.05) is 41.6 Å².